The lowest BCUT2D eigenvalue weighted by atomic mass is 9.65. The van der Waals surface area contributed by atoms with Crippen LogP contribution < -0.4 is 20.5 Å². The van der Waals surface area contributed by atoms with Gasteiger partial charge in [0.2, 0.25) is 0 Å². The number of anilines is 1. The van der Waals surface area contributed by atoms with E-state index in [-0.39, 0.29) is 17.6 Å². The quantitative estimate of drug-likeness (QED) is 0.661. The van der Waals surface area contributed by atoms with E-state index in [1.54, 1.807) is 7.11 Å². The first-order valence-electron chi connectivity index (χ1n) is 8.03. The molecule has 2 atom stereocenters. The number of hydrogen-bond acceptors (Lipinski definition) is 4. The van der Waals surface area contributed by atoms with E-state index in [0.29, 0.717) is 19.2 Å². The number of benzene rings is 1. The number of nitrogens with zero attached hydrogens (tertiary/aromatic N) is 1. The third-order valence-electron chi connectivity index (χ3n) is 4.73. The van der Waals surface area contributed by atoms with Crippen molar-refractivity contribution in [2.24, 2.45) is 16.1 Å². The standard InChI is InChI=1S/C17H25N3O3/c1-17(2)14(10-15(17)21-3)20-16(18)19-11-5-6-12-13(9-11)23-8-4-7-22-12/h5-6,9,14-15H,4,7-8,10H2,1-3H3,(H3,18,19,20). The van der Waals surface area contributed by atoms with Gasteiger partial charge >= 0.3 is 0 Å². The summed E-state index contributed by atoms with van der Waals surface area (Å²) in [5.41, 5.74) is 6.91. The summed E-state index contributed by atoms with van der Waals surface area (Å²) in [4.78, 5) is 4.59. The van der Waals surface area contributed by atoms with Gasteiger partial charge in [0.15, 0.2) is 17.5 Å². The summed E-state index contributed by atoms with van der Waals surface area (Å²) in [6, 6.07) is 5.87. The normalized spacial score (nSPS) is 26.1. The van der Waals surface area contributed by atoms with Crippen LogP contribution in [0.25, 0.3) is 0 Å². The Morgan fingerprint density at radius 3 is 2.74 bits per heavy atom. The van der Waals surface area contributed by atoms with E-state index < -0.39 is 0 Å². The molecule has 0 bridgehead atoms. The molecule has 1 saturated carbocycles. The zero-order valence-corrected chi connectivity index (χ0v) is 14.0. The Morgan fingerprint density at radius 1 is 1.30 bits per heavy atom. The first-order valence-corrected chi connectivity index (χ1v) is 8.03. The van der Waals surface area contributed by atoms with Crippen molar-refractivity contribution in [1.29, 1.82) is 0 Å². The second kappa shape index (κ2) is 6.28. The van der Waals surface area contributed by atoms with Gasteiger partial charge in [-0.2, -0.15) is 0 Å². The van der Waals surface area contributed by atoms with Gasteiger partial charge < -0.3 is 25.3 Å². The maximum absolute atomic E-state index is 6.06. The molecule has 0 aromatic heterocycles. The molecule has 0 radical (unpaired) electrons. The minimum Gasteiger partial charge on any atom is -0.490 e. The van der Waals surface area contributed by atoms with Gasteiger partial charge in [-0.1, -0.05) is 13.8 Å². The molecule has 1 aromatic rings. The molecule has 6 nitrogen and oxygen atoms in total. The molecule has 126 valence electrons. The van der Waals surface area contributed by atoms with Gasteiger partial charge in [-0.15, -0.1) is 0 Å². The summed E-state index contributed by atoms with van der Waals surface area (Å²) in [5.74, 6) is 1.92. The smallest absolute Gasteiger partial charge is 0.193 e. The number of ether oxygens (including phenoxy) is 3. The Balaban J connectivity index is 1.67. The summed E-state index contributed by atoms with van der Waals surface area (Å²) in [5, 5.41) is 3.13. The lowest BCUT2D eigenvalue weighted by molar-refractivity contribution is -0.0850. The molecule has 1 aliphatic heterocycles. The van der Waals surface area contributed by atoms with Crippen molar-refractivity contribution in [1.82, 2.24) is 0 Å². The molecule has 3 N–H and O–H groups in total. The highest BCUT2D eigenvalue weighted by molar-refractivity contribution is 5.92. The zero-order chi connectivity index (χ0) is 16.4. The number of hydrogen-bond donors (Lipinski definition) is 2. The maximum Gasteiger partial charge on any atom is 0.193 e. The molecular weight excluding hydrogens is 294 g/mol. The first kappa shape index (κ1) is 15.9. The highest BCUT2D eigenvalue weighted by atomic mass is 16.5. The minimum absolute atomic E-state index is 0.00572. The Morgan fingerprint density at radius 2 is 2.04 bits per heavy atom. The fraction of sp³-hybridized carbons (Fsp3) is 0.588. The predicted molar refractivity (Wildman–Crippen MR) is 90.3 cm³/mol. The van der Waals surface area contributed by atoms with Crippen molar-refractivity contribution < 1.29 is 14.2 Å². The second-order valence-corrected chi connectivity index (χ2v) is 6.65. The molecule has 6 heteroatoms. The predicted octanol–water partition coefficient (Wildman–Crippen LogP) is 2.39. The topological polar surface area (TPSA) is 78.1 Å². The molecule has 2 aliphatic rings. The Hall–Kier alpha value is -1.95. The Labute approximate surface area is 137 Å². The van der Waals surface area contributed by atoms with E-state index in [1.165, 1.54) is 0 Å². The van der Waals surface area contributed by atoms with Crippen LogP contribution in [0.5, 0.6) is 11.5 Å². The maximum atomic E-state index is 6.06. The summed E-state index contributed by atoms with van der Waals surface area (Å²) >= 11 is 0. The van der Waals surface area contributed by atoms with E-state index in [0.717, 1.165) is 30.0 Å². The van der Waals surface area contributed by atoms with Gasteiger partial charge in [-0.3, -0.25) is 0 Å². The third-order valence-corrected chi connectivity index (χ3v) is 4.73. The monoisotopic (exact) mass is 319 g/mol. The van der Waals surface area contributed by atoms with Crippen LogP contribution in [0.4, 0.5) is 5.69 Å². The van der Waals surface area contributed by atoms with E-state index >= 15 is 0 Å². The highest BCUT2D eigenvalue weighted by Gasteiger charge is 2.48. The number of guanidine groups is 1. The van der Waals surface area contributed by atoms with Crippen molar-refractivity contribution in [2.45, 2.75) is 38.8 Å². The molecule has 0 saturated heterocycles. The lowest BCUT2D eigenvalue weighted by Crippen LogP contribution is -2.54. The minimum atomic E-state index is 0.00572. The van der Waals surface area contributed by atoms with Crippen molar-refractivity contribution in [2.75, 3.05) is 25.6 Å². The fourth-order valence-electron chi connectivity index (χ4n) is 3.07. The lowest BCUT2D eigenvalue weighted by Gasteiger charge is -2.48. The van der Waals surface area contributed by atoms with Crippen LogP contribution in [0.1, 0.15) is 26.7 Å². The van der Waals surface area contributed by atoms with Crippen LogP contribution in [0.2, 0.25) is 0 Å². The molecule has 2 unspecified atom stereocenters. The van der Waals surface area contributed by atoms with E-state index in [9.17, 15) is 0 Å². The molecule has 3 rings (SSSR count). The van der Waals surface area contributed by atoms with E-state index in [4.69, 9.17) is 19.9 Å². The second-order valence-electron chi connectivity index (χ2n) is 6.65. The molecule has 1 heterocycles. The third kappa shape index (κ3) is 3.22. The fourth-order valence-corrected chi connectivity index (χ4v) is 3.07. The van der Waals surface area contributed by atoms with Crippen molar-refractivity contribution in [3.63, 3.8) is 0 Å². The Bertz CT molecular complexity index is 601. The molecule has 0 amide bonds. The van der Waals surface area contributed by atoms with Gasteiger partial charge in [0, 0.05) is 30.7 Å². The number of methoxy groups -OCH3 is 1. The number of aliphatic imine (C=N–C) groups is 1. The summed E-state index contributed by atoms with van der Waals surface area (Å²) < 4.78 is 16.8. The molecule has 1 aliphatic carbocycles. The summed E-state index contributed by atoms with van der Waals surface area (Å²) in [6.07, 6.45) is 2.02. The van der Waals surface area contributed by atoms with Crippen molar-refractivity contribution >= 4 is 11.6 Å². The number of rotatable bonds is 3. The van der Waals surface area contributed by atoms with E-state index in [2.05, 4.69) is 24.2 Å². The van der Waals surface area contributed by atoms with Gasteiger partial charge in [0.1, 0.15) is 0 Å². The average molecular weight is 319 g/mol. The molecule has 1 aromatic carbocycles. The number of nitrogens with one attached hydrogen (secondary N) is 1. The van der Waals surface area contributed by atoms with Crippen molar-refractivity contribution in [3.8, 4) is 11.5 Å². The van der Waals surface area contributed by atoms with Gasteiger partial charge in [-0.05, 0) is 18.6 Å². The molecular formula is C17H25N3O3. The van der Waals surface area contributed by atoms with Gasteiger partial charge in [0.25, 0.3) is 0 Å². The summed E-state index contributed by atoms with van der Waals surface area (Å²) in [6.45, 7) is 5.65. The highest BCUT2D eigenvalue weighted by Crippen LogP contribution is 2.44. The number of nitrogens with two attached hydrogens (primary N) is 1. The van der Waals surface area contributed by atoms with Crippen LogP contribution in [0, 0.1) is 5.41 Å². The molecule has 0 spiro atoms. The van der Waals surface area contributed by atoms with Crippen LogP contribution in [-0.2, 0) is 4.74 Å². The van der Waals surface area contributed by atoms with Crippen LogP contribution in [-0.4, -0.2) is 38.4 Å². The molecule has 23 heavy (non-hydrogen) atoms. The van der Waals surface area contributed by atoms with E-state index in [1.807, 2.05) is 18.2 Å². The summed E-state index contributed by atoms with van der Waals surface area (Å²) in [7, 11) is 1.74. The van der Waals surface area contributed by atoms with Crippen LogP contribution in [0.3, 0.4) is 0 Å². The average Bonchev–Trinajstić information content (AvgIpc) is 2.75. The zero-order valence-electron chi connectivity index (χ0n) is 14.0. The van der Waals surface area contributed by atoms with Crippen LogP contribution >= 0.6 is 0 Å². The first-order chi connectivity index (χ1) is 11.0. The number of fused-ring (bicyclic) bond motifs is 1. The van der Waals surface area contributed by atoms with Crippen molar-refractivity contribution in [3.05, 3.63) is 18.2 Å². The Kier molecular flexibility index (Phi) is 4.35. The van der Waals surface area contributed by atoms with Gasteiger partial charge in [-0.25, -0.2) is 4.99 Å². The largest absolute Gasteiger partial charge is 0.490 e. The van der Waals surface area contributed by atoms with Gasteiger partial charge in [0.05, 0.1) is 25.4 Å². The molecule has 1 fully saturated rings. The van der Waals surface area contributed by atoms with Crippen LogP contribution in [0.15, 0.2) is 23.2 Å². The SMILES string of the molecule is COC1CC(N=C(N)Nc2ccc3c(c2)OCCCO3)C1(C)C.